The Morgan fingerprint density at radius 3 is 2.53 bits per heavy atom. The first-order valence-corrected chi connectivity index (χ1v) is 12.5. The number of anilines is 1. The second-order valence-corrected chi connectivity index (χ2v) is 9.11. The summed E-state index contributed by atoms with van der Waals surface area (Å²) in [6.07, 6.45) is 11.4. The number of nitrogens with zero attached hydrogens (tertiary/aromatic N) is 1. The molecule has 0 saturated heterocycles. The van der Waals surface area contributed by atoms with Gasteiger partial charge in [-0.1, -0.05) is 64.5 Å². The third kappa shape index (κ3) is 6.81. The summed E-state index contributed by atoms with van der Waals surface area (Å²) in [4.78, 5) is 29.5. The SMILES string of the molecule is CCCCCCNc1ccc(C2NC(=O)N=C(CC)C2C(=O)OCC2CCCCC2)cc1. The van der Waals surface area contributed by atoms with Gasteiger partial charge in [0.25, 0.3) is 0 Å². The average molecular weight is 442 g/mol. The number of amides is 2. The third-order valence-corrected chi connectivity index (χ3v) is 6.65. The van der Waals surface area contributed by atoms with Crippen LogP contribution >= 0.6 is 0 Å². The number of hydrogen-bond donors (Lipinski definition) is 2. The highest BCUT2D eigenvalue weighted by molar-refractivity contribution is 6.09. The van der Waals surface area contributed by atoms with Crippen LogP contribution in [0.1, 0.15) is 89.7 Å². The summed E-state index contributed by atoms with van der Waals surface area (Å²) in [6.45, 7) is 5.56. The Hall–Kier alpha value is -2.37. The summed E-state index contributed by atoms with van der Waals surface area (Å²) in [5.74, 6) is -0.400. The molecule has 1 aromatic carbocycles. The molecule has 2 atom stereocenters. The Bertz CT molecular complexity index is 769. The van der Waals surface area contributed by atoms with E-state index in [0.29, 0.717) is 24.7 Å². The zero-order valence-electron chi connectivity index (χ0n) is 19.7. The van der Waals surface area contributed by atoms with Crippen molar-refractivity contribution >= 4 is 23.4 Å². The van der Waals surface area contributed by atoms with Gasteiger partial charge in [-0.2, -0.15) is 0 Å². The maximum absolute atomic E-state index is 13.1. The second kappa shape index (κ2) is 12.6. The van der Waals surface area contributed by atoms with Crippen LogP contribution < -0.4 is 10.6 Å². The van der Waals surface area contributed by atoms with Crippen molar-refractivity contribution in [3.8, 4) is 0 Å². The lowest BCUT2D eigenvalue weighted by atomic mass is 9.86. The van der Waals surface area contributed by atoms with E-state index in [-0.39, 0.29) is 12.0 Å². The Morgan fingerprint density at radius 1 is 1.09 bits per heavy atom. The first kappa shape index (κ1) is 24.3. The van der Waals surface area contributed by atoms with Gasteiger partial charge in [0.1, 0.15) is 5.92 Å². The lowest BCUT2D eigenvalue weighted by Crippen LogP contribution is -2.45. The summed E-state index contributed by atoms with van der Waals surface area (Å²) in [6, 6.07) is 7.17. The Morgan fingerprint density at radius 2 is 1.84 bits per heavy atom. The molecular formula is C26H39N3O3. The van der Waals surface area contributed by atoms with Gasteiger partial charge in [-0.25, -0.2) is 9.79 Å². The predicted octanol–water partition coefficient (Wildman–Crippen LogP) is 6.03. The van der Waals surface area contributed by atoms with E-state index in [0.717, 1.165) is 37.1 Å². The van der Waals surface area contributed by atoms with Crippen molar-refractivity contribution in [1.29, 1.82) is 0 Å². The number of carbonyl (C=O) groups excluding carboxylic acids is 2. The number of nitrogens with one attached hydrogen (secondary N) is 2. The molecule has 3 rings (SSSR count). The topological polar surface area (TPSA) is 79.8 Å². The van der Waals surface area contributed by atoms with E-state index in [2.05, 4.69) is 22.5 Å². The summed E-state index contributed by atoms with van der Waals surface area (Å²) in [5.41, 5.74) is 2.55. The van der Waals surface area contributed by atoms with Gasteiger partial charge < -0.3 is 15.4 Å². The molecule has 1 aliphatic heterocycles. The minimum atomic E-state index is -0.575. The third-order valence-electron chi connectivity index (χ3n) is 6.65. The highest BCUT2D eigenvalue weighted by Crippen LogP contribution is 2.31. The number of esters is 1. The van der Waals surface area contributed by atoms with Crippen molar-refractivity contribution in [2.75, 3.05) is 18.5 Å². The number of unbranched alkanes of at least 4 members (excludes halogenated alkanes) is 3. The summed E-state index contributed by atoms with van der Waals surface area (Å²) in [7, 11) is 0. The fourth-order valence-electron chi connectivity index (χ4n) is 4.72. The normalized spacial score (nSPS) is 21.6. The Labute approximate surface area is 192 Å². The largest absolute Gasteiger partial charge is 0.465 e. The minimum Gasteiger partial charge on any atom is -0.465 e. The van der Waals surface area contributed by atoms with Crippen molar-refractivity contribution in [3.63, 3.8) is 0 Å². The fraction of sp³-hybridized carbons (Fsp3) is 0.654. The van der Waals surface area contributed by atoms with E-state index < -0.39 is 12.0 Å². The molecule has 1 aliphatic carbocycles. The van der Waals surface area contributed by atoms with E-state index in [4.69, 9.17) is 4.74 Å². The number of benzene rings is 1. The van der Waals surface area contributed by atoms with Crippen LogP contribution in [0.15, 0.2) is 29.3 Å². The fourth-order valence-corrected chi connectivity index (χ4v) is 4.72. The smallest absolute Gasteiger partial charge is 0.341 e. The van der Waals surface area contributed by atoms with Gasteiger partial charge in [0, 0.05) is 17.9 Å². The van der Waals surface area contributed by atoms with Crippen LogP contribution in [0, 0.1) is 11.8 Å². The molecule has 1 aromatic rings. The maximum atomic E-state index is 13.1. The van der Waals surface area contributed by atoms with Gasteiger partial charge in [-0.05, 0) is 49.3 Å². The molecule has 0 bridgehead atoms. The molecule has 2 aliphatic rings. The van der Waals surface area contributed by atoms with Crippen LogP contribution in [0.25, 0.3) is 0 Å². The molecule has 0 spiro atoms. The van der Waals surface area contributed by atoms with E-state index in [1.54, 1.807) is 0 Å². The molecule has 176 valence electrons. The molecule has 2 unspecified atom stereocenters. The molecule has 6 heteroatoms. The monoisotopic (exact) mass is 441 g/mol. The van der Waals surface area contributed by atoms with E-state index in [1.807, 2.05) is 31.2 Å². The number of hydrogen-bond acceptors (Lipinski definition) is 4. The highest BCUT2D eigenvalue weighted by Gasteiger charge is 2.39. The molecule has 32 heavy (non-hydrogen) atoms. The van der Waals surface area contributed by atoms with Crippen LogP contribution in [0.5, 0.6) is 0 Å². The van der Waals surface area contributed by atoms with Crippen LogP contribution in [-0.2, 0) is 9.53 Å². The predicted molar refractivity (Wildman–Crippen MR) is 129 cm³/mol. The summed E-state index contributed by atoms with van der Waals surface area (Å²) < 4.78 is 5.77. The number of ether oxygens (including phenoxy) is 1. The van der Waals surface area contributed by atoms with Gasteiger partial charge in [0.2, 0.25) is 0 Å². The molecule has 1 fully saturated rings. The molecule has 0 radical (unpaired) electrons. The number of carbonyl (C=O) groups is 2. The summed E-state index contributed by atoms with van der Waals surface area (Å²) in [5, 5.41) is 6.35. The zero-order chi connectivity index (χ0) is 22.8. The molecule has 2 N–H and O–H groups in total. The van der Waals surface area contributed by atoms with Crippen LogP contribution in [0.3, 0.4) is 0 Å². The van der Waals surface area contributed by atoms with Gasteiger partial charge >= 0.3 is 12.0 Å². The van der Waals surface area contributed by atoms with Gasteiger partial charge in [0.15, 0.2) is 0 Å². The van der Waals surface area contributed by atoms with Gasteiger partial charge in [-0.3, -0.25) is 4.79 Å². The Balaban J connectivity index is 1.66. The molecule has 1 heterocycles. The van der Waals surface area contributed by atoms with E-state index in [1.165, 1.54) is 38.5 Å². The molecule has 6 nitrogen and oxygen atoms in total. The molecule has 2 amide bonds. The lowest BCUT2D eigenvalue weighted by Gasteiger charge is -2.31. The molecule has 0 aromatic heterocycles. The standard InChI is InChI=1S/C26H39N3O3/c1-3-5-6-10-17-27-21-15-13-20(14-16-21)24-23(22(4-2)28-26(31)29-24)25(30)32-18-19-11-8-7-9-12-19/h13-16,19,23-24,27H,3-12,17-18H2,1-2H3,(H,29,31). The van der Waals surface area contributed by atoms with Crippen molar-refractivity contribution in [1.82, 2.24) is 5.32 Å². The maximum Gasteiger partial charge on any atom is 0.341 e. The first-order chi connectivity index (χ1) is 15.6. The summed E-state index contributed by atoms with van der Waals surface area (Å²) >= 11 is 0. The van der Waals surface area contributed by atoms with E-state index in [9.17, 15) is 9.59 Å². The lowest BCUT2D eigenvalue weighted by molar-refractivity contribution is -0.148. The van der Waals surface area contributed by atoms with Crippen molar-refractivity contribution in [2.24, 2.45) is 16.8 Å². The highest BCUT2D eigenvalue weighted by atomic mass is 16.5. The number of aliphatic imine (C=N–C) groups is 1. The van der Waals surface area contributed by atoms with Gasteiger partial charge in [-0.15, -0.1) is 0 Å². The van der Waals surface area contributed by atoms with Gasteiger partial charge in [0.05, 0.1) is 12.6 Å². The number of rotatable bonds is 11. The van der Waals surface area contributed by atoms with E-state index >= 15 is 0 Å². The quantitative estimate of drug-likeness (QED) is 0.324. The van der Waals surface area contributed by atoms with Crippen LogP contribution in [-0.4, -0.2) is 30.9 Å². The second-order valence-electron chi connectivity index (χ2n) is 9.11. The van der Waals surface area contributed by atoms with Crippen LogP contribution in [0.4, 0.5) is 10.5 Å². The molecule has 1 saturated carbocycles. The van der Waals surface area contributed by atoms with Crippen molar-refractivity contribution in [3.05, 3.63) is 29.8 Å². The number of urea groups is 1. The van der Waals surface area contributed by atoms with Crippen molar-refractivity contribution in [2.45, 2.75) is 84.1 Å². The van der Waals surface area contributed by atoms with Crippen molar-refractivity contribution < 1.29 is 14.3 Å². The zero-order valence-corrected chi connectivity index (χ0v) is 19.7. The van der Waals surface area contributed by atoms with Crippen LogP contribution in [0.2, 0.25) is 0 Å². The minimum absolute atomic E-state index is 0.278. The Kier molecular flexibility index (Phi) is 9.57. The molecular weight excluding hydrogens is 402 g/mol. The average Bonchev–Trinajstić information content (AvgIpc) is 2.83. The first-order valence-electron chi connectivity index (χ1n) is 12.5.